The lowest BCUT2D eigenvalue weighted by molar-refractivity contribution is -0.276. The zero-order valence-corrected chi connectivity index (χ0v) is 22.3. The Kier molecular flexibility index (Phi) is 9.80. The minimum atomic E-state index is -5.19. The van der Waals surface area contributed by atoms with Crippen molar-refractivity contribution in [2.45, 2.75) is 76.5 Å². The van der Waals surface area contributed by atoms with Gasteiger partial charge in [-0.05, 0) is 111 Å². The Morgan fingerprint density at radius 3 is 1.78 bits per heavy atom. The highest BCUT2D eigenvalue weighted by Gasteiger charge is 2.35. The third-order valence-corrected chi connectivity index (χ3v) is 8.58. The number of rotatable bonds is 8. The fourth-order valence-corrected chi connectivity index (χ4v) is 6.50. The first kappa shape index (κ1) is 31.0. The summed E-state index contributed by atoms with van der Waals surface area (Å²) in [6.45, 7) is 3.11. The van der Waals surface area contributed by atoms with Crippen LogP contribution in [0.25, 0.3) is 5.83 Å². The van der Waals surface area contributed by atoms with Crippen molar-refractivity contribution in [3.63, 3.8) is 0 Å². The molecule has 4 rings (SSSR count). The molecule has 1 nitrogen and oxygen atoms in total. The highest BCUT2D eigenvalue weighted by atomic mass is 19.4. The summed E-state index contributed by atoms with van der Waals surface area (Å²) in [6.07, 6.45) is 2.93. The molecule has 2 aliphatic carbocycles. The fourth-order valence-electron chi connectivity index (χ4n) is 6.50. The molecule has 2 fully saturated rings. The van der Waals surface area contributed by atoms with Gasteiger partial charge in [0.25, 0.3) is 0 Å². The standard InChI is InChI=1S/C31H31F9O/c1-2-23(32)29(37)22-15-24(33)28(25(34)16-22)21-11-9-20(10-12-21)19-7-5-17(6-8-19)3-4-18-13-26(35)30(27(36)14-18)41-31(38,39)40/h2,13-17,19-21H,1,3-12H2. The number of alkyl halides is 3. The second kappa shape index (κ2) is 12.9. The summed E-state index contributed by atoms with van der Waals surface area (Å²) < 4.78 is 125. The Hall–Kier alpha value is -2.91. The largest absolute Gasteiger partial charge is 0.573 e. The number of hydrogen-bond donors (Lipinski definition) is 0. The average molecular weight is 591 g/mol. The van der Waals surface area contributed by atoms with Gasteiger partial charge in [0, 0.05) is 11.1 Å². The van der Waals surface area contributed by atoms with E-state index in [2.05, 4.69) is 11.3 Å². The lowest BCUT2D eigenvalue weighted by atomic mass is 9.67. The van der Waals surface area contributed by atoms with Crippen LogP contribution in [0.15, 0.2) is 42.7 Å². The summed E-state index contributed by atoms with van der Waals surface area (Å²) in [7, 11) is 0. The average Bonchev–Trinajstić information content (AvgIpc) is 2.93. The molecule has 0 aromatic heterocycles. The van der Waals surface area contributed by atoms with E-state index in [0.717, 1.165) is 62.8 Å². The van der Waals surface area contributed by atoms with Crippen LogP contribution in [0.4, 0.5) is 39.5 Å². The van der Waals surface area contributed by atoms with Gasteiger partial charge in [-0.1, -0.05) is 19.4 Å². The van der Waals surface area contributed by atoms with Crippen molar-refractivity contribution in [3.05, 3.63) is 82.7 Å². The van der Waals surface area contributed by atoms with Crippen LogP contribution < -0.4 is 4.74 Å². The second-order valence-corrected chi connectivity index (χ2v) is 11.1. The van der Waals surface area contributed by atoms with Crippen LogP contribution >= 0.6 is 0 Å². The van der Waals surface area contributed by atoms with E-state index in [-0.39, 0.29) is 17.0 Å². The third kappa shape index (κ3) is 7.68. The van der Waals surface area contributed by atoms with Crippen molar-refractivity contribution >= 4 is 5.83 Å². The van der Waals surface area contributed by atoms with Crippen LogP contribution in [-0.2, 0) is 6.42 Å². The topological polar surface area (TPSA) is 9.23 Å². The summed E-state index contributed by atoms with van der Waals surface area (Å²) in [6, 6.07) is 3.38. The number of allylic oxidation sites excluding steroid dienone is 2. The first-order chi connectivity index (χ1) is 19.4. The highest BCUT2D eigenvalue weighted by Crippen LogP contribution is 2.45. The first-order valence-corrected chi connectivity index (χ1v) is 13.8. The van der Waals surface area contributed by atoms with Gasteiger partial charge in [0.05, 0.1) is 0 Å². The van der Waals surface area contributed by atoms with Gasteiger partial charge in [-0.2, -0.15) is 0 Å². The Bertz CT molecular complexity index is 1220. The molecule has 2 saturated carbocycles. The molecule has 0 bridgehead atoms. The summed E-state index contributed by atoms with van der Waals surface area (Å²) in [5.41, 5.74) is -0.324. The van der Waals surface area contributed by atoms with Gasteiger partial charge in [0.2, 0.25) is 5.75 Å². The molecule has 2 aromatic carbocycles. The molecule has 0 radical (unpaired) electrons. The third-order valence-electron chi connectivity index (χ3n) is 8.58. The number of ether oxygens (including phenoxy) is 1. The van der Waals surface area contributed by atoms with Crippen LogP contribution in [0.2, 0.25) is 0 Å². The predicted octanol–water partition coefficient (Wildman–Crippen LogP) is 10.6. The van der Waals surface area contributed by atoms with E-state index in [0.29, 0.717) is 49.5 Å². The molecule has 0 aliphatic heterocycles. The number of benzene rings is 2. The maximum atomic E-state index is 14.8. The maximum Gasteiger partial charge on any atom is 0.573 e. The van der Waals surface area contributed by atoms with Gasteiger partial charge >= 0.3 is 6.36 Å². The van der Waals surface area contributed by atoms with Crippen LogP contribution in [0.1, 0.15) is 80.4 Å². The van der Waals surface area contributed by atoms with Crippen molar-refractivity contribution in [2.75, 3.05) is 0 Å². The van der Waals surface area contributed by atoms with Crippen molar-refractivity contribution < 1.29 is 44.3 Å². The van der Waals surface area contributed by atoms with E-state index < -0.39 is 52.6 Å². The molecular weight excluding hydrogens is 559 g/mol. The van der Waals surface area contributed by atoms with E-state index in [9.17, 15) is 39.5 Å². The normalized spacial score (nSPS) is 24.1. The quantitative estimate of drug-likeness (QED) is 0.220. The van der Waals surface area contributed by atoms with E-state index >= 15 is 0 Å². The Balaban J connectivity index is 1.26. The molecule has 0 atom stereocenters. The molecule has 0 heterocycles. The van der Waals surface area contributed by atoms with E-state index in [4.69, 9.17) is 0 Å². The Morgan fingerprint density at radius 1 is 0.780 bits per heavy atom. The highest BCUT2D eigenvalue weighted by molar-refractivity contribution is 5.63. The molecule has 2 aliphatic rings. The van der Waals surface area contributed by atoms with E-state index in [1.54, 1.807) is 0 Å². The van der Waals surface area contributed by atoms with Crippen molar-refractivity contribution in [1.82, 2.24) is 0 Å². The zero-order valence-electron chi connectivity index (χ0n) is 22.3. The molecule has 0 N–H and O–H groups in total. The van der Waals surface area contributed by atoms with Gasteiger partial charge < -0.3 is 4.74 Å². The maximum absolute atomic E-state index is 14.8. The molecule has 10 heteroatoms. The van der Waals surface area contributed by atoms with Gasteiger partial charge in [-0.3, -0.25) is 0 Å². The zero-order chi connectivity index (χ0) is 29.9. The lowest BCUT2D eigenvalue weighted by Gasteiger charge is -2.38. The number of halogens is 9. The molecule has 2 aromatic rings. The molecule has 0 saturated heterocycles. The molecule has 0 unspecified atom stereocenters. The van der Waals surface area contributed by atoms with Gasteiger partial charge in [-0.25, -0.2) is 26.3 Å². The Morgan fingerprint density at radius 2 is 1.29 bits per heavy atom. The van der Waals surface area contributed by atoms with Gasteiger partial charge in [0.15, 0.2) is 23.3 Å². The van der Waals surface area contributed by atoms with Crippen molar-refractivity contribution in [2.24, 2.45) is 17.8 Å². The summed E-state index contributed by atoms with van der Waals surface area (Å²) >= 11 is 0. The second-order valence-electron chi connectivity index (χ2n) is 11.1. The smallest absolute Gasteiger partial charge is 0.399 e. The minimum absolute atomic E-state index is 0.0893. The van der Waals surface area contributed by atoms with Gasteiger partial charge in [0.1, 0.15) is 11.6 Å². The number of hydrogen-bond acceptors (Lipinski definition) is 1. The van der Waals surface area contributed by atoms with Crippen LogP contribution in [0, 0.1) is 41.0 Å². The van der Waals surface area contributed by atoms with Crippen LogP contribution in [0.3, 0.4) is 0 Å². The minimum Gasteiger partial charge on any atom is -0.399 e. The van der Waals surface area contributed by atoms with Crippen LogP contribution in [-0.4, -0.2) is 6.36 Å². The number of aryl methyl sites for hydroxylation is 1. The summed E-state index contributed by atoms with van der Waals surface area (Å²) in [5.74, 6) is -7.83. The molecule has 41 heavy (non-hydrogen) atoms. The lowest BCUT2D eigenvalue weighted by Crippen LogP contribution is -2.26. The molecule has 224 valence electrons. The fraction of sp³-hybridized carbons (Fsp3) is 0.484. The van der Waals surface area contributed by atoms with E-state index in [1.807, 2.05) is 0 Å². The SMILES string of the molecule is C=CC(F)=C(F)c1cc(F)c(C2CCC(C3CCC(CCc4cc(F)c(OC(F)(F)F)c(F)c4)CC3)CC2)c(F)c1. The van der Waals surface area contributed by atoms with Crippen LogP contribution in [0.5, 0.6) is 5.75 Å². The monoisotopic (exact) mass is 590 g/mol. The van der Waals surface area contributed by atoms with Crippen molar-refractivity contribution in [3.8, 4) is 5.75 Å². The summed E-state index contributed by atoms with van der Waals surface area (Å²) in [4.78, 5) is 0. The molecule has 0 amide bonds. The molecule has 0 spiro atoms. The summed E-state index contributed by atoms with van der Waals surface area (Å²) in [5, 5.41) is 0. The van der Waals surface area contributed by atoms with Crippen molar-refractivity contribution in [1.29, 1.82) is 0 Å². The van der Waals surface area contributed by atoms with E-state index in [1.165, 1.54) is 0 Å². The van der Waals surface area contributed by atoms with Gasteiger partial charge in [-0.15, -0.1) is 13.2 Å². The first-order valence-electron chi connectivity index (χ1n) is 13.8. The predicted molar refractivity (Wildman–Crippen MR) is 137 cm³/mol. The Labute approximate surface area is 233 Å². The molecular formula is C31H31F9O.